The number of amides is 1. The Labute approximate surface area is 101 Å². The lowest BCUT2D eigenvalue weighted by Crippen LogP contribution is -2.40. The molecule has 0 bridgehead atoms. The molecule has 0 saturated carbocycles. The predicted octanol–water partition coefficient (Wildman–Crippen LogP) is -0.148. The maximum atomic E-state index is 12.0. The van der Waals surface area contributed by atoms with Gasteiger partial charge in [-0.3, -0.25) is 4.79 Å². The summed E-state index contributed by atoms with van der Waals surface area (Å²) in [5, 5.41) is 9.06. The van der Waals surface area contributed by atoms with Crippen LogP contribution in [0.1, 0.15) is 16.9 Å². The predicted molar refractivity (Wildman–Crippen MR) is 57.8 cm³/mol. The first-order chi connectivity index (χ1) is 8.13. The highest BCUT2D eigenvalue weighted by molar-refractivity contribution is 6.99. The lowest BCUT2D eigenvalue weighted by atomic mass is 10.2. The van der Waals surface area contributed by atoms with Gasteiger partial charge in [-0.05, 0) is 0 Å². The highest BCUT2D eigenvalue weighted by Gasteiger charge is 2.40. The van der Waals surface area contributed by atoms with Gasteiger partial charge in [0.1, 0.15) is 6.04 Å². The molecule has 0 aliphatic carbocycles. The van der Waals surface area contributed by atoms with Gasteiger partial charge < -0.3 is 14.7 Å². The van der Waals surface area contributed by atoms with Gasteiger partial charge in [-0.2, -0.15) is 8.75 Å². The van der Waals surface area contributed by atoms with E-state index in [-0.39, 0.29) is 18.3 Å². The number of likely N-dealkylation sites (tertiary alicyclic amines) is 1. The monoisotopic (exact) mass is 257 g/mol. The van der Waals surface area contributed by atoms with Crippen LogP contribution in [0.2, 0.25) is 0 Å². The number of hydrogen-bond donors (Lipinski definition) is 1. The fourth-order valence-electron chi connectivity index (χ4n) is 1.83. The second kappa shape index (κ2) is 4.76. The van der Waals surface area contributed by atoms with Crippen molar-refractivity contribution in [2.24, 2.45) is 0 Å². The Bertz CT molecular complexity index is 422. The van der Waals surface area contributed by atoms with Crippen LogP contribution in [0.25, 0.3) is 0 Å². The fourth-order valence-corrected chi connectivity index (χ4v) is 2.24. The van der Waals surface area contributed by atoms with Crippen LogP contribution in [0.3, 0.4) is 0 Å². The molecule has 0 radical (unpaired) electrons. The van der Waals surface area contributed by atoms with Gasteiger partial charge in [-0.1, -0.05) is 0 Å². The van der Waals surface area contributed by atoms with Gasteiger partial charge in [-0.25, -0.2) is 4.79 Å². The minimum absolute atomic E-state index is 0.179. The maximum Gasteiger partial charge on any atom is 0.326 e. The molecule has 8 heteroatoms. The lowest BCUT2D eigenvalue weighted by molar-refractivity contribution is -0.141. The van der Waals surface area contributed by atoms with Crippen LogP contribution in [0, 0.1) is 0 Å². The second-order valence-electron chi connectivity index (χ2n) is 3.70. The van der Waals surface area contributed by atoms with Crippen LogP contribution in [0.5, 0.6) is 0 Å². The van der Waals surface area contributed by atoms with E-state index in [1.54, 1.807) is 0 Å². The van der Waals surface area contributed by atoms with Crippen LogP contribution < -0.4 is 0 Å². The largest absolute Gasteiger partial charge is 0.480 e. The van der Waals surface area contributed by atoms with E-state index in [1.165, 1.54) is 18.2 Å². The van der Waals surface area contributed by atoms with Crippen molar-refractivity contribution in [3.05, 3.63) is 11.9 Å². The van der Waals surface area contributed by atoms with Gasteiger partial charge in [0.25, 0.3) is 5.91 Å². The number of ether oxygens (including phenoxy) is 1. The van der Waals surface area contributed by atoms with Crippen LogP contribution in [-0.4, -0.2) is 56.4 Å². The summed E-state index contributed by atoms with van der Waals surface area (Å²) < 4.78 is 12.6. The number of methoxy groups -OCH3 is 1. The molecule has 2 rings (SSSR count). The Morgan fingerprint density at radius 1 is 1.65 bits per heavy atom. The van der Waals surface area contributed by atoms with Crippen molar-refractivity contribution in [2.75, 3.05) is 13.7 Å². The number of aromatic nitrogens is 2. The molecule has 1 amide bonds. The summed E-state index contributed by atoms with van der Waals surface area (Å²) in [7, 11) is 1.50. The van der Waals surface area contributed by atoms with Crippen molar-refractivity contribution in [1.29, 1.82) is 0 Å². The molecule has 1 aliphatic rings. The van der Waals surface area contributed by atoms with Crippen molar-refractivity contribution in [1.82, 2.24) is 13.6 Å². The topological polar surface area (TPSA) is 92.6 Å². The zero-order valence-electron chi connectivity index (χ0n) is 9.07. The zero-order chi connectivity index (χ0) is 12.4. The van der Waals surface area contributed by atoms with Crippen molar-refractivity contribution >= 4 is 23.6 Å². The Balaban J connectivity index is 2.18. The Morgan fingerprint density at radius 2 is 2.41 bits per heavy atom. The van der Waals surface area contributed by atoms with Crippen molar-refractivity contribution in [3.8, 4) is 0 Å². The minimum Gasteiger partial charge on any atom is -0.480 e. The molecule has 17 heavy (non-hydrogen) atoms. The van der Waals surface area contributed by atoms with Gasteiger partial charge in [-0.15, -0.1) is 0 Å². The first kappa shape index (κ1) is 11.9. The lowest BCUT2D eigenvalue weighted by Gasteiger charge is -2.19. The number of aliphatic carboxylic acids is 1. The molecule has 1 saturated heterocycles. The van der Waals surface area contributed by atoms with E-state index < -0.39 is 17.9 Å². The molecule has 1 fully saturated rings. The third kappa shape index (κ3) is 2.27. The van der Waals surface area contributed by atoms with Gasteiger partial charge >= 0.3 is 5.97 Å². The van der Waals surface area contributed by atoms with Crippen LogP contribution >= 0.6 is 11.7 Å². The van der Waals surface area contributed by atoms with E-state index in [1.807, 2.05) is 0 Å². The van der Waals surface area contributed by atoms with Gasteiger partial charge in [0, 0.05) is 20.1 Å². The van der Waals surface area contributed by atoms with E-state index in [0.717, 1.165) is 11.7 Å². The average Bonchev–Trinajstić information content (AvgIpc) is 2.97. The average molecular weight is 257 g/mol. The summed E-state index contributed by atoms with van der Waals surface area (Å²) in [5.74, 6) is -1.44. The molecule has 0 spiro atoms. The van der Waals surface area contributed by atoms with Crippen molar-refractivity contribution in [2.45, 2.75) is 18.6 Å². The highest BCUT2D eigenvalue weighted by Crippen LogP contribution is 2.22. The van der Waals surface area contributed by atoms with Crippen molar-refractivity contribution < 1.29 is 19.4 Å². The van der Waals surface area contributed by atoms with Crippen LogP contribution in [-0.2, 0) is 9.53 Å². The summed E-state index contributed by atoms with van der Waals surface area (Å²) >= 11 is 0.917. The Hall–Kier alpha value is -1.54. The maximum absolute atomic E-state index is 12.0. The summed E-state index contributed by atoms with van der Waals surface area (Å²) in [4.78, 5) is 24.3. The Morgan fingerprint density at radius 3 is 2.94 bits per heavy atom. The third-order valence-corrected chi connectivity index (χ3v) is 3.20. The number of rotatable bonds is 3. The van der Waals surface area contributed by atoms with Crippen molar-refractivity contribution in [3.63, 3.8) is 0 Å². The molecule has 1 aromatic heterocycles. The summed E-state index contributed by atoms with van der Waals surface area (Å²) in [5.41, 5.74) is 0.179. The first-order valence-electron chi connectivity index (χ1n) is 4.97. The first-order valence-corrected chi connectivity index (χ1v) is 5.70. The molecule has 2 atom stereocenters. The molecule has 1 aliphatic heterocycles. The molecule has 2 unspecified atom stereocenters. The van der Waals surface area contributed by atoms with Crippen LogP contribution in [0.4, 0.5) is 0 Å². The standard InChI is InChI=1S/C9H11N3O4S/c1-16-5-2-7(9(14)15)12(4-5)8(13)6-3-10-17-11-6/h3,5,7H,2,4H2,1H3,(H,14,15). The normalized spacial score (nSPS) is 23.9. The molecule has 7 nitrogen and oxygen atoms in total. The van der Waals surface area contributed by atoms with E-state index in [0.29, 0.717) is 6.42 Å². The van der Waals surface area contributed by atoms with Gasteiger partial charge in [0.05, 0.1) is 24.0 Å². The van der Waals surface area contributed by atoms with Gasteiger partial charge in [0.2, 0.25) is 0 Å². The molecular weight excluding hydrogens is 246 g/mol. The second-order valence-corrected chi connectivity index (χ2v) is 4.25. The number of nitrogens with zero attached hydrogens (tertiary/aromatic N) is 3. The molecule has 2 heterocycles. The van der Waals surface area contributed by atoms with E-state index in [2.05, 4.69) is 8.75 Å². The number of hydrogen-bond acceptors (Lipinski definition) is 6. The van der Waals surface area contributed by atoms with Gasteiger partial charge in [0.15, 0.2) is 5.69 Å². The molecule has 1 aromatic rings. The molecule has 0 aromatic carbocycles. The highest BCUT2D eigenvalue weighted by atomic mass is 32.1. The van der Waals surface area contributed by atoms with E-state index in [9.17, 15) is 9.59 Å². The van der Waals surface area contributed by atoms with E-state index >= 15 is 0 Å². The molecule has 1 N–H and O–H groups in total. The summed E-state index contributed by atoms with van der Waals surface area (Å²) in [6, 6.07) is -0.853. The SMILES string of the molecule is COC1CC(C(=O)O)N(C(=O)c2cnsn2)C1. The Kier molecular flexibility index (Phi) is 3.34. The third-order valence-electron chi connectivity index (χ3n) is 2.72. The number of carboxylic acids is 1. The summed E-state index contributed by atoms with van der Waals surface area (Å²) in [6.45, 7) is 0.268. The number of carbonyl (C=O) groups excluding carboxylic acids is 1. The fraction of sp³-hybridized carbons (Fsp3) is 0.556. The smallest absolute Gasteiger partial charge is 0.326 e. The molecule has 92 valence electrons. The summed E-state index contributed by atoms with van der Waals surface area (Å²) in [6.07, 6.45) is 1.40. The zero-order valence-corrected chi connectivity index (χ0v) is 9.88. The van der Waals surface area contributed by atoms with Crippen LogP contribution in [0.15, 0.2) is 6.20 Å². The van der Waals surface area contributed by atoms with E-state index in [4.69, 9.17) is 9.84 Å². The quantitative estimate of drug-likeness (QED) is 0.809. The number of carboxylic acid groups (broad SMARTS) is 1. The molecular formula is C9H11N3O4S. The minimum atomic E-state index is -1.03. The number of carbonyl (C=O) groups is 2.